The molecule has 1 aromatic heterocycles. The molecular weight excluding hydrogens is 322 g/mol. The van der Waals surface area contributed by atoms with Gasteiger partial charge in [0.05, 0.1) is 18.3 Å². The highest BCUT2D eigenvalue weighted by Crippen LogP contribution is 2.23. The summed E-state index contributed by atoms with van der Waals surface area (Å²) in [5.74, 6) is 0.443. The van der Waals surface area contributed by atoms with Crippen molar-refractivity contribution in [2.75, 3.05) is 12.0 Å². The first-order valence-electron chi connectivity index (χ1n) is 6.93. The molecule has 0 radical (unpaired) electrons. The number of halogens is 1. The molecule has 1 heterocycles. The van der Waals surface area contributed by atoms with Crippen molar-refractivity contribution in [2.24, 2.45) is 5.10 Å². The van der Waals surface area contributed by atoms with Gasteiger partial charge in [0.25, 0.3) is 0 Å². The average molecular weight is 340 g/mol. The molecule has 0 aliphatic carbocycles. The maximum atomic E-state index is 9.61. The molecule has 3 atom stereocenters. The van der Waals surface area contributed by atoms with Gasteiger partial charge in [0.1, 0.15) is 24.1 Å². The zero-order valence-corrected chi connectivity index (χ0v) is 13.1. The van der Waals surface area contributed by atoms with Gasteiger partial charge in [-0.3, -0.25) is 5.43 Å². The van der Waals surface area contributed by atoms with Gasteiger partial charge in [0, 0.05) is 10.4 Å². The van der Waals surface area contributed by atoms with Crippen molar-refractivity contribution in [2.45, 2.75) is 25.2 Å². The minimum Gasteiger partial charge on any atom is -0.394 e. The van der Waals surface area contributed by atoms with E-state index in [2.05, 4.69) is 15.5 Å². The Morgan fingerprint density at radius 1 is 1.30 bits per heavy atom. The molecule has 5 N–H and O–H groups in total. The summed E-state index contributed by atoms with van der Waals surface area (Å²) in [6.45, 7) is 1.26. The summed E-state index contributed by atoms with van der Waals surface area (Å²) < 4.78 is 0. The van der Waals surface area contributed by atoms with E-state index in [4.69, 9.17) is 16.7 Å². The Balaban J connectivity index is 2.11. The number of rotatable bonds is 6. The van der Waals surface area contributed by atoms with Crippen LogP contribution in [0, 0.1) is 6.92 Å². The molecule has 1 aromatic carbocycles. The van der Waals surface area contributed by atoms with Crippen molar-refractivity contribution in [3.8, 4) is 0 Å². The van der Waals surface area contributed by atoms with Crippen LogP contribution in [0.2, 0.25) is 5.02 Å². The van der Waals surface area contributed by atoms with E-state index >= 15 is 0 Å². The molecule has 0 amide bonds. The van der Waals surface area contributed by atoms with Gasteiger partial charge in [0.15, 0.2) is 0 Å². The van der Waals surface area contributed by atoms with Gasteiger partial charge in [-0.25, -0.2) is 4.98 Å². The van der Waals surface area contributed by atoms with E-state index in [1.54, 1.807) is 18.2 Å². The Labute approximate surface area is 137 Å². The molecule has 0 aliphatic rings. The predicted molar refractivity (Wildman–Crippen MR) is 88.7 cm³/mol. The number of aromatic nitrogens is 1. The molecule has 0 bridgehead atoms. The third-order valence-electron chi connectivity index (χ3n) is 3.32. The van der Waals surface area contributed by atoms with Crippen LogP contribution in [-0.4, -0.2) is 56.5 Å². The number of aliphatic hydroxyl groups is 4. The molecule has 7 nitrogen and oxygen atoms in total. The summed E-state index contributed by atoms with van der Waals surface area (Å²) in [6, 6.07) is 7.17. The molecule has 0 saturated carbocycles. The smallest absolute Gasteiger partial charge is 0.147 e. The summed E-state index contributed by atoms with van der Waals surface area (Å²) >= 11 is 5.95. The topological polar surface area (TPSA) is 118 Å². The lowest BCUT2D eigenvalue weighted by Crippen LogP contribution is -2.40. The van der Waals surface area contributed by atoms with E-state index in [0.717, 1.165) is 17.2 Å². The van der Waals surface area contributed by atoms with Crippen LogP contribution in [0.25, 0.3) is 10.9 Å². The van der Waals surface area contributed by atoms with Crippen LogP contribution < -0.4 is 5.43 Å². The number of hydrazone groups is 1. The van der Waals surface area contributed by atoms with Crippen LogP contribution >= 0.6 is 11.6 Å². The Kier molecular flexibility index (Phi) is 5.86. The Hall–Kier alpha value is -1.77. The number of nitrogens with one attached hydrogen (secondary N) is 1. The van der Waals surface area contributed by atoms with E-state index in [-0.39, 0.29) is 0 Å². The summed E-state index contributed by atoms with van der Waals surface area (Å²) in [4.78, 5) is 4.35. The van der Waals surface area contributed by atoms with E-state index in [9.17, 15) is 15.3 Å². The van der Waals surface area contributed by atoms with Gasteiger partial charge in [-0.2, -0.15) is 5.10 Å². The molecular formula is C15H18ClN3O4. The van der Waals surface area contributed by atoms with Gasteiger partial charge in [-0.05, 0) is 30.7 Å². The molecule has 0 saturated heterocycles. The van der Waals surface area contributed by atoms with Crippen LogP contribution in [0.4, 0.5) is 5.82 Å². The minimum atomic E-state index is -1.53. The van der Waals surface area contributed by atoms with Crippen molar-refractivity contribution >= 4 is 34.5 Å². The van der Waals surface area contributed by atoms with Crippen molar-refractivity contribution in [3.05, 3.63) is 34.9 Å². The lowest BCUT2D eigenvalue weighted by Gasteiger charge is -2.18. The molecule has 23 heavy (non-hydrogen) atoms. The zero-order chi connectivity index (χ0) is 17.0. The number of pyridine rings is 1. The highest BCUT2D eigenvalue weighted by Gasteiger charge is 2.22. The third-order valence-corrected chi connectivity index (χ3v) is 3.55. The molecule has 124 valence electrons. The SMILES string of the molecule is Cc1cc(N/N=C/[C@@H](O)[C@H](O)[C@H](O)CO)nc2cc(Cl)ccc12. The second kappa shape index (κ2) is 7.67. The van der Waals surface area contributed by atoms with Gasteiger partial charge >= 0.3 is 0 Å². The maximum absolute atomic E-state index is 9.61. The van der Waals surface area contributed by atoms with Crippen LogP contribution in [0.15, 0.2) is 29.4 Å². The van der Waals surface area contributed by atoms with Crippen LogP contribution in [0.1, 0.15) is 5.56 Å². The van der Waals surface area contributed by atoms with Gasteiger partial charge < -0.3 is 20.4 Å². The van der Waals surface area contributed by atoms with Gasteiger partial charge in [0.2, 0.25) is 0 Å². The molecule has 8 heteroatoms. The Morgan fingerprint density at radius 2 is 2.04 bits per heavy atom. The number of hydrogen-bond acceptors (Lipinski definition) is 7. The van der Waals surface area contributed by atoms with Crippen molar-refractivity contribution in [1.82, 2.24) is 4.98 Å². The largest absolute Gasteiger partial charge is 0.394 e. The second-order valence-electron chi connectivity index (χ2n) is 5.11. The molecule has 0 aliphatic heterocycles. The first-order chi connectivity index (χ1) is 10.9. The molecule has 0 spiro atoms. The summed E-state index contributed by atoms with van der Waals surface area (Å²) in [5, 5.41) is 42.3. The van der Waals surface area contributed by atoms with Crippen molar-refractivity contribution in [1.29, 1.82) is 0 Å². The van der Waals surface area contributed by atoms with E-state index in [0.29, 0.717) is 16.4 Å². The van der Waals surface area contributed by atoms with Gasteiger partial charge in [-0.1, -0.05) is 17.7 Å². The molecule has 2 aromatic rings. The zero-order valence-electron chi connectivity index (χ0n) is 12.4. The van der Waals surface area contributed by atoms with Gasteiger partial charge in [-0.15, -0.1) is 0 Å². The fourth-order valence-corrected chi connectivity index (χ4v) is 2.20. The first kappa shape index (κ1) is 17.6. The Morgan fingerprint density at radius 3 is 2.74 bits per heavy atom. The number of fused-ring (bicyclic) bond motifs is 1. The van der Waals surface area contributed by atoms with Crippen LogP contribution in [-0.2, 0) is 0 Å². The number of nitrogens with zero attached hydrogens (tertiary/aromatic N) is 2. The van der Waals surface area contributed by atoms with E-state index < -0.39 is 24.9 Å². The van der Waals surface area contributed by atoms with Crippen LogP contribution in [0.5, 0.6) is 0 Å². The summed E-state index contributed by atoms with van der Waals surface area (Å²) in [7, 11) is 0. The van der Waals surface area contributed by atoms with Crippen LogP contribution in [0.3, 0.4) is 0 Å². The second-order valence-corrected chi connectivity index (χ2v) is 5.54. The number of anilines is 1. The molecule has 0 fully saturated rings. The monoisotopic (exact) mass is 339 g/mol. The lowest BCUT2D eigenvalue weighted by atomic mass is 10.1. The van der Waals surface area contributed by atoms with E-state index in [1.807, 2.05) is 13.0 Å². The minimum absolute atomic E-state index is 0.443. The number of hydrogen-bond donors (Lipinski definition) is 5. The third kappa shape index (κ3) is 4.37. The standard InChI is InChI=1S/C15H18ClN3O4/c1-8-4-14(18-11-5-9(16)2-3-10(8)11)19-17-6-12(21)15(23)13(22)7-20/h2-6,12-13,15,20-23H,7H2,1H3,(H,18,19)/b17-6+/t12-,13-,15+/m1/s1. The number of benzene rings is 1. The summed E-state index contributed by atoms with van der Waals surface area (Å²) in [6.07, 6.45) is -3.39. The molecule has 2 rings (SSSR count). The number of aliphatic hydroxyl groups excluding tert-OH is 4. The fourth-order valence-electron chi connectivity index (χ4n) is 2.04. The van der Waals surface area contributed by atoms with E-state index in [1.165, 1.54) is 0 Å². The highest BCUT2D eigenvalue weighted by molar-refractivity contribution is 6.31. The quantitative estimate of drug-likeness (QED) is 0.390. The number of aryl methyl sites for hydroxylation is 1. The lowest BCUT2D eigenvalue weighted by molar-refractivity contribution is -0.0541. The van der Waals surface area contributed by atoms with Crippen molar-refractivity contribution < 1.29 is 20.4 Å². The predicted octanol–water partition coefficient (Wildman–Crippen LogP) is 0.669. The first-order valence-corrected chi connectivity index (χ1v) is 7.31. The Bertz CT molecular complexity index is 710. The molecule has 0 unspecified atom stereocenters. The normalized spacial score (nSPS) is 15.7. The fraction of sp³-hybridized carbons (Fsp3) is 0.333. The van der Waals surface area contributed by atoms with Crippen molar-refractivity contribution in [3.63, 3.8) is 0 Å². The highest BCUT2D eigenvalue weighted by atomic mass is 35.5. The maximum Gasteiger partial charge on any atom is 0.147 e. The average Bonchev–Trinajstić information content (AvgIpc) is 2.52. The summed E-state index contributed by atoms with van der Waals surface area (Å²) in [5.41, 5.74) is 4.31.